The number of aliphatic carboxylic acids is 1. The standard InChI is InChI=1S/C18H32N4O5/c1-10(2)7-13(19)17(25)21-9-11-3-5-12(6-4-11)16(24)22-14(18(26)27)8-15(20)23/h10-14H,3-9,19H2,1-2H3,(H2,20,23)(H,21,25)(H,22,24)(H,26,27). The van der Waals surface area contributed by atoms with Crippen molar-refractivity contribution in [2.45, 2.75) is 64.5 Å². The second kappa shape index (κ2) is 10.9. The lowest BCUT2D eigenvalue weighted by atomic mass is 9.81. The molecule has 9 nitrogen and oxygen atoms in total. The number of carbonyl (C=O) groups is 4. The Morgan fingerprint density at radius 1 is 1.11 bits per heavy atom. The number of amides is 3. The molecule has 0 radical (unpaired) electrons. The van der Waals surface area contributed by atoms with E-state index in [0.717, 1.165) is 12.8 Å². The van der Waals surface area contributed by atoms with Gasteiger partial charge < -0.3 is 27.2 Å². The lowest BCUT2D eigenvalue weighted by molar-refractivity contribution is -0.144. The first-order valence-corrected chi connectivity index (χ1v) is 9.44. The van der Waals surface area contributed by atoms with Gasteiger partial charge in [0.05, 0.1) is 12.5 Å². The largest absolute Gasteiger partial charge is 0.480 e. The van der Waals surface area contributed by atoms with Crippen molar-refractivity contribution in [2.24, 2.45) is 29.2 Å². The summed E-state index contributed by atoms with van der Waals surface area (Å²) in [4.78, 5) is 46.2. The maximum atomic E-state index is 12.2. The number of nitrogens with one attached hydrogen (secondary N) is 2. The lowest BCUT2D eigenvalue weighted by Gasteiger charge is -2.29. The number of rotatable bonds is 10. The maximum absolute atomic E-state index is 12.2. The highest BCUT2D eigenvalue weighted by atomic mass is 16.4. The Hall–Kier alpha value is -2.16. The summed E-state index contributed by atoms with van der Waals surface area (Å²) in [6, 6.07) is -1.81. The second-order valence-electron chi connectivity index (χ2n) is 7.77. The van der Waals surface area contributed by atoms with Gasteiger partial charge in [0.25, 0.3) is 0 Å². The van der Waals surface area contributed by atoms with E-state index in [1.807, 2.05) is 13.8 Å². The minimum atomic E-state index is -1.30. The number of nitrogens with two attached hydrogens (primary N) is 2. The molecule has 0 aromatic rings. The Labute approximate surface area is 159 Å². The Balaban J connectivity index is 2.38. The number of hydrogen-bond donors (Lipinski definition) is 5. The van der Waals surface area contributed by atoms with Crippen molar-refractivity contribution < 1.29 is 24.3 Å². The summed E-state index contributed by atoms with van der Waals surface area (Å²) in [5.41, 5.74) is 10.9. The average Bonchev–Trinajstić information content (AvgIpc) is 2.58. The van der Waals surface area contributed by atoms with Gasteiger partial charge >= 0.3 is 5.97 Å². The third-order valence-corrected chi connectivity index (χ3v) is 4.86. The quantitative estimate of drug-likeness (QED) is 0.348. The van der Waals surface area contributed by atoms with E-state index in [1.54, 1.807) is 0 Å². The van der Waals surface area contributed by atoms with Crippen LogP contribution in [0.1, 0.15) is 52.4 Å². The molecule has 1 rings (SSSR count). The Bertz CT molecular complexity index is 544. The molecule has 1 aliphatic rings. The molecular weight excluding hydrogens is 352 g/mol. The van der Waals surface area contributed by atoms with E-state index >= 15 is 0 Å². The van der Waals surface area contributed by atoms with E-state index in [2.05, 4.69) is 10.6 Å². The molecule has 154 valence electrons. The molecule has 1 aliphatic carbocycles. The molecule has 0 aliphatic heterocycles. The van der Waals surface area contributed by atoms with Gasteiger partial charge in [0.15, 0.2) is 0 Å². The van der Waals surface area contributed by atoms with E-state index < -0.39 is 30.4 Å². The zero-order valence-electron chi connectivity index (χ0n) is 16.1. The van der Waals surface area contributed by atoms with Gasteiger partial charge in [-0.25, -0.2) is 4.79 Å². The normalized spacial score (nSPS) is 21.9. The van der Waals surface area contributed by atoms with Crippen molar-refractivity contribution in [2.75, 3.05) is 6.54 Å². The molecule has 9 heteroatoms. The maximum Gasteiger partial charge on any atom is 0.326 e. The van der Waals surface area contributed by atoms with Gasteiger partial charge in [-0.15, -0.1) is 0 Å². The van der Waals surface area contributed by atoms with Crippen LogP contribution in [0.15, 0.2) is 0 Å². The van der Waals surface area contributed by atoms with Crippen molar-refractivity contribution in [3.05, 3.63) is 0 Å². The van der Waals surface area contributed by atoms with E-state index in [0.29, 0.717) is 31.7 Å². The third-order valence-electron chi connectivity index (χ3n) is 4.86. The van der Waals surface area contributed by atoms with Crippen LogP contribution in [0.2, 0.25) is 0 Å². The van der Waals surface area contributed by atoms with Gasteiger partial charge in [-0.05, 0) is 43.9 Å². The summed E-state index contributed by atoms with van der Waals surface area (Å²) in [5.74, 6) is -2.26. The Morgan fingerprint density at radius 3 is 2.19 bits per heavy atom. The third kappa shape index (κ3) is 8.38. The Morgan fingerprint density at radius 2 is 1.70 bits per heavy atom. The van der Waals surface area contributed by atoms with E-state index in [1.165, 1.54) is 0 Å². The van der Waals surface area contributed by atoms with Crippen molar-refractivity contribution in [3.8, 4) is 0 Å². The van der Waals surface area contributed by atoms with Gasteiger partial charge in [-0.1, -0.05) is 13.8 Å². The van der Waals surface area contributed by atoms with Crippen molar-refractivity contribution in [1.82, 2.24) is 10.6 Å². The highest BCUT2D eigenvalue weighted by molar-refractivity contribution is 5.88. The smallest absolute Gasteiger partial charge is 0.326 e. The SMILES string of the molecule is CC(C)CC(N)C(=O)NCC1CCC(C(=O)NC(CC(N)=O)C(=O)O)CC1. The van der Waals surface area contributed by atoms with Crippen LogP contribution in [0.4, 0.5) is 0 Å². The summed E-state index contributed by atoms with van der Waals surface area (Å²) in [7, 11) is 0. The van der Waals surface area contributed by atoms with E-state index in [9.17, 15) is 19.2 Å². The average molecular weight is 384 g/mol. The number of carbonyl (C=O) groups excluding carboxylic acids is 3. The van der Waals surface area contributed by atoms with Crippen LogP contribution in [0.5, 0.6) is 0 Å². The monoisotopic (exact) mass is 384 g/mol. The van der Waals surface area contributed by atoms with Crippen LogP contribution in [-0.4, -0.2) is 47.4 Å². The van der Waals surface area contributed by atoms with Crippen molar-refractivity contribution >= 4 is 23.7 Å². The molecular formula is C18H32N4O5. The zero-order valence-corrected chi connectivity index (χ0v) is 16.1. The van der Waals surface area contributed by atoms with Crippen LogP contribution in [-0.2, 0) is 19.2 Å². The van der Waals surface area contributed by atoms with Gasteiger partial charge in [-0.2, -0.15) is 0 Å². The molecule has 2 atom stereocenters. The van der Waals surface area contributed by atoms with Gasteiger partial charge in [0, 0.05) is 12.5 Å². The topological polar surface area (TPSA) is 165 Å². The summed E-state index contributed by atoms with van der Waals surface area (Å²) in [6.07, 6.45) is 2.92. The number of primary amides is 1. The summed E-state index contributed by atoms with van der Waals surface area (Å²) in [5, 5.41) is 14.3. The molecule has 0 aromatic heterocycles. The fourth-order valence-electron chi connectivity index (χ4n) is 3.31. The first kappa shape index (κ1) is 22.9. The van der Waals surface area contributed by atoms with Crippen LogP contribution in [0.3, 0.4) is 0 Å². The first-order chi connectivity index (χ1) is 12.6. The number of carboxylic acids is 1. The molecule has 0 aromatic carbocycles. The molecule has 1 fully saturated rings. The second-order valence-corrected chi connectivity index (χ2v) is 7.77. The Kier molecular flexibility index (Phi) is 9.20. The molecule has 27 heavy (non-hydrogen) atoms. The molecule has 3 amide bonds. The van der Waals surface area contributed by atoms with Crippen LogP contribution >= 0.6 is 0 Å². The fraction of sp³-hybridized carbons (Fsp3) is 0.778. The summed E-state index contributed by atoms with van der Waals surface area (Å²) >= 11 is 0. The number of carboxylic acid groups (broad SMARTS) is 1. The van der Waals surface area contributed by atoms with Crippen LogP contribution in [0, 0.1) is 17.8 Å². The van der Waals surface area contributed by atoms with Gasteiger partial charge in [-0.3, -0.25) is 14.4 Å². The van der Waals surface area contributed by atoms with Crippen molar-refractivity contribution in [1.29, 1.82) is 0 Å². The van der Waals surface area contributed by atoms with Crippen LogP contribution < -0.4 is 22.1 Å². The molecule has 7 N–H and O–H groups in total. The predicted molar refractivity (Wildman–Crippen MR) is 99.3 cm³/mol. The molecule has 0 spiro atoms. The van der Waals surface area contributed by atoms with E-state index in [-0.39, 0.29) is 23.7 Å². The fourth-order valence-corrected chi connectivity index (χ4v) is 3.31. The predicted octanol–water partition coefficient (Wildman–Crippen LogP) is -0.273. The van der Waals surface area contributed by atoms with Crippen molar-refractivity contribution in [3.63, 3.8) is 0 Å². The van der Waals surface area contributed by atoms with Gasteiger partial charge in [0.2, 0.25) is 17.7 Å². The summed E-state index contributed by atoms with van der Waals surface area (Å²) in [6.45, 7) is 4.55. The minimum absolute atomic E-state index is 0.153. The molecule has 2 unspecified atom stereocenters. The summed E-state index contributed by atoms with van der Waals surface area (Å²) < 4.78 is 0. The number of hydrogen-bond acceptors (Lipinski definition) is 5. The molecule has 0 heterocycles. The zero-order chi connectivity index (χ0) is 20.6. The lowest BCUT2D eigenvalue weighted by Crippen LogP contribution is -2.47. The highest BCUT2D eigenvalue weighted by Gasteiger charge is 2.30. The molecule has 1 saturated carbocycles. The first-order valence-electron chi connectivity index (χ1n) is 9.44. The molecule has 0 saturated heterocycles. The van der Waals surface area contributed by atoms with Crippen LogP contribution in [0.25, 0.3) is 0 Å². The van der Waals surface area contributed by atoms with Gasteiger partial charge in [0.1, 0.15) is 6.04 Å². The van der Waals surface area contributed by atoms with E-state index in [4.69, 9.17) is 16.6 Å². The highest BCUT2D eigenvalue weighted by Crippen LogP contribution is 2.28. The molecule has 0 bridgehead atoms. The minimum Gasteiger partial charge on any atom is -0.480 e.